The average Bonchev–Trinajstić information content (AvgIpc) is 2.85. The van der Waals surface area contributed by atoms with Gasteiger partial charge in [0.15, 0.2) is 0 Å². The summed E-state index contributed by atoms with van der Waals surface area (Å²) in [4.78, 5) is 1.91. The number of nitrogens with one attached hydrogen (secondary N) is 2. The van der Waals surface area contributed by atoms with E-state index in [0.29, 0.717) is 24.3 Å². The summed E-state index contributed by atoms with van der Waals surface area (Å²) in [6.45, 7) is 0. The van der Waals surface area contributed by atoms with Gasteiger partial charge in [-0.2, -0.15) is 0 Å². The van der Waals surface area contributed by atoms with Gasteiger partial charge in [-0.05, 0) is 72.5 Å². The number of benzene rings is 3. The third-order valence-electron chi connectivity index (χ3n) is 6.64. The number of aliphatic hydroxyl groups is 1. The summed E-state index contributed by atoms with van der Waals surface area (Å²) < 4.78 is 69.6. The fraction of sp³-hybridized carbons (Fsp3) is 0.308. The number of aliphatic hydroxyl groups excluding tert-OH is 1. The number of sulfonamides is 1. The van der Waals surface area contributed by atoms with Crippen LogP contribution in [0.3, 0.4) is 0 Å². The molecule has 202 valence electrons. The maximum atomic E-state index is 13.0. The van der Waals surface area contributed by atoms with Crippen LogP contribution in [0.2, 0.25) is 5.02 Å². The van der Waals surface area contributed by atoms with E-state index in [1.807, 2.05) is 42.5 Å². The molecule has 1 fully saturated rings. The Kier molecular flexibility index (Phi) is 7.69. The van der Waals surface area contributed by atoms with Gasteiger partial charge < -0.3 is 15.2 Å². The van der Waals surface area contributed by atoms with E-state index in [9.17, 15) is 26.7 Å². The van der Waals surface area contributed by atoms with Crippen molar-refractivity contribution in [2.45, 2.75) is 64.5 Å². The van der Waals surface area contributed by atoms with Crippen LogP contribution in [-0.4, -0.2) is 38.1 Å². The van der Waals surface area contributed by atoms with E-state index in [1.165, 1.54) is 0 Å². The summed E-state index contributed by atoms with van der Waals surface area (Å²) >= 11 is 7.95. The molecule has 1 saturated carbocycles. The lowest BCUT2D eigenvalue weighted by molar-refractivity contribution is -0.274. The Morgan fingerprint density at radius 1 is 0.947 bits per heavy atom. The van der Waals surface area contributed by atoms with Crippen LogP contribution < -0.4 is 14.8 Å². The number of ether oxygens (including phenoxy) is 1. The second-order valence-electron chi connectivity index (χ2n) is 9.20. The van der Waals surface area contributed by atoms with E-state index in [1.54, 1.807) is 11.8 Å². The summed E-state index contributed by atoms with van der Waals surface area (Å²) in [7, 11) is -4.11. The molecular weight excluding hydrogens is 561 g/mol. The highest BCUT2D eigenvalue weighted by Gasteiger charge is 2.38. The van der Waals surface area contributed by atoms with E-state index in [2.05, 4.69) is 14.8 Å². The third kappa shape index (κ3) is 5.98. The molecule has 3 N–H and O–H groups in total. The molecule has 5 rings (SSSR count). The molecule has 0 aromatic heterocycles. The first-order chi connectivity index (χ1) is 18.0. The lowest BCUT2D eigenvalue weighted by atomic mass is 9.87. The molecule has 0 bridgehead atoms. The fourth-order valence-electron chi connectivity index (χ4n) is 4.91. The SMILES string of the molecule is O=S(=O)(N[C@@H]1CCC[C@H](NC2c3ccccc3Sc3ccc(Cl)cc32)[C@H]1O)c1ccc(OC(F)(F)F)cc1. The van der Waals surface area contributed by atoms with Crippen LogP contribution in [0.25, 0.3) is 0 Å². The van der Waals surface area contributed by atoms with E-state index < -0.39 is 40.3 Å². The van der Waals surface area contributed by atoms with Gasteiger partial charge >= 0.3 is 6.36 Å². The Morgan fingerprint density at radius 3 is 2.37 bits per heavy atom. The summed E-state index contributed by atoms with van der Waals surface area (Å²) in [6, 6.07) is 16.1. The van der Waals surface area contributed by atoms with Crippen LogP contribution in [0.15, 0.2) is 81.4 Å². The largest absolute Gasteiger partial charge is 0.573 e. The second-order valence-corrected chi connectivity index (χ2v) is 12.4. The van der Waals surface area contributed by atoms with Gasteiger partial charge in [0, 0.05) is 26.9 Å². The van der Waals surface area contributed by atoms with Gasteiger partial charge in [-0.25, -0.2) is 13.1 Å². The third-order valence-corrected chi connectivity index (χ3v) is 9.57. The number of rotatable bonds is 6. The number of hydrogen-bond acceptors (Lipinski definition) is 6. The van der Waals surface area contributed by atoms with Crippen molar-refractivity contribution < 1.29 is 31.4 Å². The van der Waals surface area contributed by atoms with E-state index >= 15 is 0 Å². The van der Waals surface area contributed by atoms with Gasteiger partial charge in [0.2, 0.25) is 10.0 Å². The van der Waals surface area contributed by atoms with E-state index in [0.717, 1.165) is 45.2 Å². The van der Waals surface area contributed by atoms with Gasteiger partial charge in [0.05, 0.1) is 17.0 Å². The standard InChI is InChI=1S/C26H24ClF3N2O4S2/c27-15-8-13-23-19(14-15)24(18-4-1-2-7-22(18)37-23)31-20-5-3-6-21(25(20)33)32-38(34,35)17-11-9-16(10-12-17)36-26(28,29)30/h1-2,4,7-14,20-21,24-25,31-33H,3,5-6H2/t20-,21+,24?,25+/m0/s1. The normalized spacial score (nSPS) is 23.4. The maximum Gasteiger partial charge on any atom is 0.573 e. The van der Waals surface area contributed by atoms with Crippen molar-refractivity contribution in [2.24, 2.45) is 0 Å². The van der Waals surface area contributed by atoms with Crippen LogP contribution in [0.5, 0.6) is 5.75 Å². The summed E-state index contributed by atoms with van der Waals surface area (Å²) in [5, 5.41) is 15.4. The Morgan fingerprint density at radius 2 is 1.63 bits per heavy atom. The Labute approximate surface area is 227 Å². The molecule has 12 heteroatoms. The molecule has 0 saturated heterocycles. The first-order valence-corrected chi connectivity index (χ1v) is 14.6. The summed E-state index contributed by atoms with van der Waals surface area (Å²) in [5.41, 5.74) is 2.03. The predicted molar refractivity (Wildman–Crippen MR) is 138 cm³/mol. The minimum Gasteiger partial charge on any atom is -0.406 e. The highest BCUT2D eigenvalue weighted by molar-refractivity contribution is 7.99. The highest BCUT2D eigenvalue weighted by Crippen LogP contribution is 2.46. The fourth-order valence-corrected chi connectivity index (χ4v) is 7.49. The van der Waals surface area contributed by atoms with Gasteiger partial charge in [-0.15, -0.1) is 13.2 Å². The monoisotopic (exact) mass is 584 g/mol. The van der Waals surface area contributed by atoms with E-state index in [-0.39, 0.29) is 10.9 Å². The average molecular weight is 585 g/mol. The molecule has 2 aliphatic rings. The van der Waals surface area contributed by atoms with Crippen molar-refractivity contribution in [2.75, 3.05) is 0 Å². The number of alkyl halides is 3. The molecule has 3 aromatic carbocycles. The van der Waals surface area contributed by atoms with Crippen molar-refractivity contribution in [3.05, 3.63) is 82.9 Å². The molecule has 3 aromatic rings. The van der Waals surface area contributed by atoms with Crippen LogP contribution >= 0.6 is 23.4 Å². The second kappa shape index (κ2) is 10.7. The minimum atomic E-state index is -4.88. The Bertz CT molecular complexity index is 1420. The number of fused-ring (bicyclic) bond motifs is 2. The topological polar surface area (TPSA) is 87.7 Å². The van der Waals surface area contributed by atoms with Crippen LogP contribution in [0.4, 0.5) is 13.2 Å². The summed E-state index contributed by atoms with van der Waals surface area (Å²) in [6.07, 6.45) is -4.23. The molecule has 1 aliphatic carbocycles. The van der Waals surface area contributed by atoms with Crippen molar-refractivity contribution >= 4 is 33.4 Å². The smallest absolute Gasteiger partial charge is 0.406 e. The zero-order chi connectivity index (χ0) is 27.1. The molecule has 0 spiro atoms. The molecule has 1 unspecified atom stereocenters. The van der Waals surface area contributed by atoms with Gasteiger partial charge in [0.1, 0.15) is 5.75 Å². The van der Waals surface area contributed by atoms with Crippen molar-refractivity contribution in [1.29, 1.82) is 0 Å². The Hall–Kier alpha value is -2.28. The zero-order valence-corrected chi connectivity index (χ0v) is 22.2. The van der Waals surface area contributed by atoms with Gasteiger partial charge in [-0.1, -0.05) is 48.0 Å². The molecule has 38 heavy (non-hydrogen) atoms. The van der Waals surface area contributed by atoms with Gasteiger partial charge in [0.25, 0.3) is 0 Å². The zero-order valence-electron chi connectivity index (χ0n) is 19.8. The lowest BCUT2D eigenvalue weighted by Gasteiger charge is -2.39. The number of halogens is 4. The molecule has 0 amide bonds. The molecular formula is C26H24ClF3N2O4S2. The molecule has 0 radical (unpaired) electrons. The Balaban J connectivity index is 1.34. The predicted octanol–water partition coefficient (Wildman–Crippen LogP) is 5.64. The first kappa shape index (κ1) is 27.3. The highest BCUT2D eigenvalue weighted by atomic mass is 35.5. The minimum absolute atomic E-state index is 0.226. The lowest BCUT2D eigenvalue weighted by Crippen LogP contribution is -2.56. The van der Waals surface area contributed by atoms with Gasteiger partial charge in [-0.3, -0.25) is 0 Å². The first-order valence-electron chi connectivity index (χ1n) is 11.9. The van der Waals surface area contributed by atoms with E-state index in [4.69, 9.17) is 11.6 Å². The summed E-state index contributed by atoms with van der Waals surface area (Å²) in [5.74, 6) is -0.523. The van der Waals surface area contributed by atoms with Crippen molar-refractivity contribution in [1.82, 2.24) is 10.0 Å². The van der Waals surface area contributed by atoms with Crippen molar-refractivity contribution in [3.63, 3.8) is 0 Å². The maximum absolute atomic E-state index is 13.0. The van der Waals surface area contributed by atoms with Crippen LogP contribution in [0.1, 0.15) is 36.4 Å². The number of hydrogen-bond donors (Lipinski definition) is 3. The molecule has 4 atom stereocenters. The molecule has 6 nitrogen and oxygen atoms in total. The molecule has 1 aliphatic heterocycles. The van der Waals surface area contributed by atoms with Crippen LogP contribution in [-0.2, 0) is 10.0 Å². The van der Waals surface area contributed by atoms with Crippen LogP contribution in [0, 0.1) is 0 Å². The van der Waals surface area contributed by atoms with Crippen molar-refractivity contribution in [3.8, 4) is 5.75 Å². The molecule has 1 heterocycles. The quantitative estimate of drug-likeness (QED) is 0.347.